The van der Waals surface area contributed by atoms with Gasteiger partial charge in [0.25, 0.3) is 0 Å². The summed E-state index contributed by atoms with van der Waals surface area (Å²) in [7, 11) is 0. The third kappa shape index (κ3) is 3.80. The van der Waals surface area contributed by atoms with Gasteiger partial charge in [0.2, 0.25) is 5.91 Å². The number of aliphatic hydroxyl groups is 1. The monoisotopic (exact) mass is 305 g/mol. The Balaban J connectivity index is 2.39. The Bertz CT molecular complexity index is 527. The molecule has 4 nitrogen and oxygen atoms in total. The molecule has 0 fully saturated rings. The van der Waals surface area contributed by atoms with E-state index in [4.69, 9.17) is 4.74 Å². The van der Waals surface area contributed by atoms with E-state index < -0.39 is 6.10 Å². The summed E-state index contributed by atoms with van der Waals surface area (Å²) in [6.45, 7) is 6.32. The summed E-state index contributed by atoms with van der Waals surface area (Å²) in [6.07, 6.45) is 3.95. The molecule has 1 aliphatic heterocycles. The van der Waals surface area contributed by atoms with Crippen LogP contribution in [0.3, 0.4) is 0 Å². The van der Waals surface area contributed by atoms with E-state index in [1.54, 1.807) is 0 Å². The van der Waals surface area contributed by atoms with Crippen molar-refractivity contribution in [1.29, 1.82) is 0 Å². The number of carbonyl (C=O) groups is 1. The highest BCUT2D eigenvalue weighted by atomic mass is 16.5. The predicted molar refractivity (Wildman–Crippen MR) is 87.0 cm³/mol. The lowest BCUT2D eigenvalue weighted by Gasteiger charge is -2.30. The summed E-state index contributed by atoms with van der Waals surface area (Å²) in [6, 6.07) is 4.13. The number of unbranched alkanes of at least 4 members (excludes halogenated alkanes) is 1. The van der Waals surface area contributed by atoms with Crippen molar-refractivity contribution in [3.63, 3.8) is 0 Å². The lowest BCUT2D eigenvalue weighted by molar-refractivity contribution is -0.119. The summed E-state index contributed by atoms with van der Waals surface area (Å²) in [4.78, 5) is 11.4. The molecule has 2 N–H and O–H groups in total. The zero-order chi connectivity index (χ0) is 16.1. The van der Waals surface area contributed by atoms with Gasteiger partial charge in [-0.25, -0.2) is 0 Å². The molecule has 0 bridgehead atoms. The zero-order valence-corrected chi connectivity index (χ0v) is 13.8. The normalized spacial score (nSPS) is 18.3. The molecular formula is C18H27NO3. The highest BCUT2D eigenvalue weighted by molar-refractivity contribution is 5.73. The van der Waals surface area contributed by atoms with Crippen molar-refractivity contribution in [2.75, 3.05) is 6.61 Å². The summed E-state index contributed by atoms with van der Waals surface area (Å²) < 4.78 is 5.86. The Morgan fingerprint density at radius 3 is 2.86 bits per heavy atom. The molecule has 22 heavy (non-hydrogen) atoms. The zero-order valence-electron chi connectivity index (χ0n) is 13.8. The van der Waals surface area contributed by atoms with Gasteiger partial charge in [-0.1, -0.05) is 32.8 Å². The highest BCUT2D eigenvalue weighted by Gasteiger charge is 2.27. The Labute approximate surface area is 132 Å². The molecule has 0 radical (unpaired) electrons. The molecule has 0 spiro atoms. The number of amides is 1. The number of rotatable bonds is 6. The Morgan fingerprint density at radius 1 is 1.45 bits per heavy atom. The number of fused-ring (bicyclic) bond motifs is 1. The van der Waals surface area contributed by atoms with Crippen LogP contribution in [0.2, 0.25) is 0 Å². The van der Waals surface area contributed by atoms with Crippen molar-refractivity contribution in [3.8, 4) is 5.75 Å². The maximum Gasteiger partial charge on any atom is 0.217 e. The maximum absolute atomic E-state index is 11.4. The molecule has 0 aliphatic carbocycles. The first-order chi connectivity index (χ1) is 10.6. The lowest BCUT2D eigenvalue weighted by atomic mass is 9.91. The van der Waals surface area contributed by atoms with E-state index >= 15 is 0 Å². The van der Waals surface area contributed by atoms with Gasteiger partial charge in [0.05, 0.1) is 18.8 Å². The van der Waals surface area contributed by atoms with Gasteiger partial charge in [-0.05, 0) is 24.5 Å². The van der Waals surface area contributed by atoms with Crippen molar-refractivity contribution in [3.05, 3.63) is 28.8 Å². The molecule has 0 aromatic heterocycles. The minimum Gasteiger partial charge on any atom is -0.493 e. The van der Waals surface area contributed by atoms with Crippen molar-refractivity contribution in [1.82, 2.24) is 5.32 Å². The van der Waals surface area contributed by atoms with E-state index in [9.17, 15) is 9.90 Å². The topological polar surface area (TPSA) is 58.6 Å². The van der Waals surface area contributed by atoms with E-state index in [1.165, 1.54) is 12.5 Å². The summed E-state index contributed by atoms with van der Waals surface area (Å²) in [5.74, 6) is 0.735. The molecule has 1 aromatic rings. The molecule has 0 saturated heterocycles. The molecule has 0 saturated carbocycles. The van der Waals surface area contributed by atoms with E-state index in [-0.39, 0.29) is 11.9 Å². The van der Waals surface area contributed by atoms with E-state index in [0.717, 1.165) is 49.0 Å². The van der Waals surface area contributed by atoms with E-state index in [2.05, 4.69) is 31.3 Å². The van der Waals surface area contributed by atoms with E-state index in [1.807, 2.05) is 0 Å². The van der Waals surface area contributed by atoms with Gasteiger partial charge < -0.3 is 15.2 Å². The average Bonchev–Trinajstić information content (AvgIpc) is 2.51. The fourth-order valence-corrected chi connectivity index (χ4v) is 3.00. The van der Waals surface area contributed by atoms with Crippen molar-refractivity contribution >= 4 is 5.91 Å². The number of benzene rings is 1. The Kier molecular flexibility index (Phi) is 5.83. The van der Waals surface area contributed by atoms with Gasteiger partial charge in [-0.2, -0.15) is 0 Å². The Morgan fingerprint density at radius 2 is 2.23 bits per heavy atom. The standard InChI is InChI=1S/C18H27NO3/c1-4-6-7-17(21)15-11-13(5-2)10-14-16(19-12(3)20)8-9-22-18(14)15/h10-11,16-17,21H,4-9H2,1-3H3,(H,19,20). The molecule has 122 valence electrons. The number of aryl methyl sites for hydroxylation is 1. The van der Waals surface area contributed by atoms with Gasteiger partial charge in [-0.3, -0.25) is 4.79 Å². The molecule has 2 unspecified atom stereocenters. The maximum atomic E-state index is 11.4. The number of hydrogen-bond donors (Lipinski definition) is 2. The minimum absolute atomic E-state index is 0.0233. The molecule has 4 heteroatoms. The van der Waals surface area contributed by atoms with Gasteiger partial charge >= 0.3 is 0 Å². The fraction of sp³-hybridized carbons (Fsp3) is 0.611. The smallest absolute Gasteiger partial charge is 0.217 e. The second kappa shape index (κ2) is 7.63. The summed E-state index contributed by atoms with van der Waals surface area (Å²) in [5, 5.41) is 13.5. The second-order valence-corrected chi connectivity index (χ2v) is 6.01. The number of carbonyl (C=O) groups excluding carboxylic acids is 1. The third-order valence-electron chi connectivity index (χ3n) is 4.21. The quantitative estimate of drug-likeness (QED) is 0.846. The van der Waals surface area contributed by atoms with Crippen LogP contribution in [0.15, 0.2) is 12.1 Å². The number of hydrogen-bond acceptors (Lipinski definition) is 3. The fourth-order valence-electron chi connectivity index (χ4n) is 3.00. The van der Waals surface area contributed by atoms with Crippen LogP contribution >= 0.6 is 0 Å². The van der Waals surface area contributed by atoms with Gasteiger partial charge in [0, 0.05) is 24.5 Å². The SMILES string of the molecule is CCCCC(O)c1cc(CC)cc2c1OCCC2NC(C)=O. The van der Waals surface area contributed by atoms with Gasteiger partial charge in [0.15, 0.2) is 0 Å². The van der Waals surface area contributed by atoms with Crippen LogP contribution in [-0.4, -0.2) is 17.6 Å². The van der Waals surface area contributed by atoms with Gasteiger partial charge in [-0.15, -0.1) is 0 Å². The molecule has 1 heterocycles. The number of nitrogens with one attached hydrogen (secondary N) is 1. The third-order valence-corrected chi connectivity index (χ3v) is 4.21. The second-order valence-electron chi connectivity index (χ2n) is 6.01. The Hall–Kier alpha value is -1.55. The number of aliphatic hydroxyl groups excluding tert-OH is 1. The lowest BCUT2D eigenvalue weighted by Crippen LogP contribution is -2.31. The first kappa shape index (κ1) is 16.8. The van der Waals surface area contributed by atoms with Crippen LogP contribution in [0.25, 0.3) is 0 Å². The first-order valence-electron chi connectivity index (χ1n) is 8.31. The molecule has 1 aromatic carbocycles. The van der Waals surface area contributed by atoms with Crippen LogP contribution in [0, 0.1) is 0 Å². The first-order valence-corrected chi connectivity index (χ1v) is 8.31. The summed E-state index contributed by atoms with van der Waals surface area (Å²) >= 11 is 0. The van der Waals surface area contributed by atoms with Crippen LogP contribution < -0.4 is 10.1 Å². The largest absolute Gasteiger partial charge is 0.493 e. The number of ether oxygens (including phenoxy) is 1. The average molecular weight is 305 g/mol. The van der Waals surface area contributed by atoms with Crippen LogP contribution in [0.5, 0.6) is 5.75 Å². The van der Waals surface area contributed by atoms with Crippen molar-refractivity contribution in [2.24, 2.45) is 0 Å². The van der Waals surface area contributed by atoms with Crippen LogP contribution in [-0.2, 0) is 11.2 Å². The van der Waals surface area contributed by atoms with E-state index in [0.29, 0.717) is 6.61 Å². The molecule has 1 aliphatic rings. The molecule has 2 rings (SSSR count). The summed E-state index contributed by atoms with van der Waals surface area (Å²) in [5.41, 5.74) is 3.05. The predicted octanol–water partition coefficient (Wildman–Crippen LogP) is 3.43. The van der Waals surface area contributed by atoms with Gasteiger partial charge in [0.1, 0.15) is 5.75 Å². The molecule has 2 atom stereocenters. The van der Waals surface area contributed by atoms with Crippen molar-refractivity contribution in [2.45, 2.75) is 65.0 Å². The van der Waals surface area contributed by atoms with Crippen LogP contribution in [0.4, 0.5) is 0 Å². The molecular weight excluding hydrogens is 278 g/mol. The highest BCUT2D eigenvalue weighted by Crippen LogP contribution is 2.40. The van der Waals surface area contributed by atoms with Crippen molar-refractivity contribution < 1.29 is 14.6 Å². The van der Waals surface area contributed by atoms with Crippen LogP contribution in [0.1, 0.15) is 75.3 Å². The molecule has 1 amide bonds. The minimum atomic E-state index is -0.503.